The number of carbonyl (C=O) groups is 4. The number of fused-ring (bicyclic) bond motifs is 15. The molecule has 13 nitrogen and oxygen atoms in total. The first-order chi connectivity index (χ1) is 22.4. The molecule has 9 atom stereocenters. The van der Waals surface area contributed by atoms with E-state index in [4.69, 9.17) is 0 Å². The molecule has 1 aromatic carbocycles. The van der Waals surface area contributed by atoms with Gasteiger partial charge in [0.05, 0.1) is 60.0 Å². The average Bonchev–Trinajstić information content (AvgIpc) is 3.06. The maximum atomic E-state index is 13.8. The first kappa shape index (κ1) is 38.5. The van der Waals surface area contributed by atoms with E-state index >= 15 is 0 Å². The fourth-order valence-corrected chi connectivity index (χ4v) is 6.18. The lowest BCUT2D eigenvalue weighted by atomic mass is 9.76. The van der Waals surface area contributed by atoms with Crippen molar-refractivity contribution >= 4 is 23.3 Å². The second-order valence-electron chi connectivity index (χ2n) is 12.8. The van der Waals surface area contributed by atoms with Crippen LogP contribution in [-0.4, -0.2) is 102 Å². The van der Waals surface area contributed by atoms with Crippen LogP contribution in [0.1, 0.15) is 71.3 Å². The molecule has 0 fully saturated rings. The third-order valence-electron chi connectivity index (χ3n) is 9.57. The van der Waals surface area contributed by atoms with Gasteiger partial charge in [-0.2, -0.15) is 0 Å². The van der Waals surface area contributed by atoms with Crippen LogP contribution in [0, 0.1) is 36.5 Å². The van der Waals surface area contributed by atoms with Crippen LogP contribution in [0.5, 0.6) is 11.5 Å². The third-order valence-corrected chi connectivity index (χ3v) is 9.57. The summed E-state index contributed by atoms with van der Waals surface area (Å²) < 4.78 is 0. The van der Waals surface area contributed by atoms with Crippen LogP contribution in [0.3, 0.4) is 0 Å². The van der Waals surface area contributed by atoms with Gasteiger partial charge in [-0.3, -0.25) is 19.2 Å². The molecule has 1 aliphatic carbocycles. The maximum absolute atomic E-state index is 13.8. The zero-order chi connectivity index (χ0) is 36.4. The monoisotopic (exact) mass is 671 g/mol. The Bertz CT molecular complexity index is 1590. The topological polar surface area (TPSA) is 242 Å². The Hall–Kier alpha value is -3.98. The Morgan fingerprint density at radius 1 is 0.729 bits per heavy atom. The number of Topliss-reactive ketones (excluding diaryl/α,β-unsaturated/α-hetero) is 2. The zero-order valence-corrected chi connectivity index (χ0v) is 27.7. The van der Waals surface area contributed by atoms with E-state index in [1.165, 1.54) is 52.0 Å². The summed E-state index contributed by atoms with van der Waals surface area (Å²) >= 11 is 0. The highest BCUT2D eigenvalue weighted by molar-refractivity contribution is 6.31. The van der Waals surface area contributed by atoms with Crippen LogP contribution in [0.2, 0.25) is 0 Å². The molecule has 9 N–H and O–H groups in total. The summed E-state index contributed by atoms with van der Waals surface area (Å²) in [6, 6.07) is 0. The molecule has 1 amide bonds. The van der Waals surface area contributed by atoms with E-state index in [9.17, 15) is 60.0 Å². The van der Waals surface area contributed by atoms with Crippen LogP contribution in [-0.2, 0) is 4.79 Å². The number of hydrogen-bond donors (Lipinski definition) is 9. The van der Waals surface area contributed by atoms with Gasteiger partial charge in [0.1, 0.15) is 11.5 Å². The SMILES string of the molecule is CC1=CC(CO)C(O)C(C)C(O)C(C)C(O)C(C)C(O)C(C)C=CC=C(CO)C(=O)NC2=CC(=O)c3c(c(O)c(C)c(O)c3C2=O)C1=O. The highest BCUT2D eigenvalue weighted by atomic mass is 16.3. The highest BCUT2D eigenvalue weighted by Gasteiger charge is 2.40. The molecular formula is C35H45NO12. The summed E-state index contributed by atoms with van der Waals surface area (Å²) in [4.78, 5) is 53.8. The number of phenols is 2. The fourth-order valence-electron chi connectivity index (χ4n) is 6.18. The molecule has 9 unspecified atom stereocenters. The van der Waals surface area contributed by atoms with Gasteiger partial charge in [0.2, 0.25) is 5.78 Å². The largest absolute Gasteiger partial charge is 0.507 e. The van der Waals surface area contributed by atoms with Crippen molar-refractivity contribution in [2.75, 3.05) is 13.2 Å². The van der Waals surface area contributed by atoms with Crippen molar-refractivity contribution in [1.82, 2.24) is 5.32 Å². The molecule has 0 spiro atoms. The minimum Gasteiger partial charge on any atom is -0.507 e. The lowest BCUT2D eigenvalue weighted by Crippen LogP contribution is -2.46. The van der Waals surface area contributed by atoms with E-state index in [2.05, 4.69) is 5.32 Å². The Labute approximate surface area is 278 Å². The molecule has 2 aliphatic heterocycles. The van der Waals surface area contributed by atoms with Crippen molar-refractivity contribution in [3.63, 3.8) is 0 Å². The van der Waals surface area contributed by atoms with Crippen LogP contribution in [0.4, 0.5) is 0 Å². The summed E-state index contributed by atoms with van der Waals surface area (Å²) in [6.07, 6.45) is 0.837. The van der Waals surface area contributed by atoms with Gasteiger partial charge in [-0.05, 0) is 19.4 Å². The van der Waals surface area contributed by atoms with Gasteiger partial charge in [-0.15, -0.1) is 0 Å². The predicted molar refractivity (Wildman–Crippen MR) is 173 cm³/mol. The Morgan fingerprint density at radius 3 is 1.79 bits per heavy atom. The summed E-state index contributed by atoms with van der Waals surface area (Å²) in [7, 11) is 0. The van der Waals surface area contributed by atoms with Crippen molar-refractivity contribution in [2.24, 2.45) is 29.6 Å². The summed E-state index contributed by atoms with van der Waals surface area (Å²) in [5, 5.41) is 88.4. The number of aromatic hydroxyl groups is 2. The third kappa shape index (κ3) is 7.36. The average molecular weight is 672 g/mol. The smallest absolute Gasteiger partial charge is 0.254 e. The quantitative estimate of drug-likeness (QED) is 0.214. The molecule has 262 valence electrons. The molecule has 4 bridgehead atoms. The number of hydrogen-bond acceptors (Lipinski definition) is 12. The first-order valence-electron chi connectivity index (χ1n) is 15.7. The second kappa shape index (κ2) is 15.5. The van der Waals surface area contributed by atoms with E-state index < -0.39 is 124 Å². The number of phenolic OH excluding ortho intramolecular Hbond substituents is 2. The highest BCUT2D eigenvalue weighted by Crippen LogP contribution is 2.41. The molecule has 0 saturated heterocycles. The molecule has 0 radical (unpaired) electrons. The zero-order valence-electron chi connectivity index (χ0n) is 27.7. The van der Waals surface area contributed by atoms with Crippen LogP contribution in [0.15, 0.2) is 47.2 Å². The molecule has 48 heavy (non-hydrogen) atoms. The number of carbonyl (C=O) groups excluding carboxylic acids is 4. The molecule has 1 aromatic rings. The van der Waals surface area contributed by atoms with E-state index in [1.54, 1.807) is 13.8 Å². The van der Waals surface area contributed by atoms with Gasteiger partial charge in [0.15, 0.2) is 11.6 Å². The first-order valence-corrected chi connectivity index (χ1v) is 15.7. The summed E-state index contributed by atoms with van der Waals surface area (Å²) in [5.74, 6) is -9.96. The van der Waals surface area contributed by atoms with E-state index in [0.717, 1.165) is 6.08 Å². The Kier molecular flexibility index (Phi) is 12.4. The number of rotatable bonds is 2. The van der Waals surface area contributed by atoms with E-state index in [0.29, 0.717) is 0 Å². The summed E-state index contributed by atoms with van der Waals surface area (Å²) in [6.45, 7) is 7.26. The van der Waals surface area contributed by atoms with Gasteiger partial charge in [0, 0.05) is 46.8 Å². The van der Waals surface area contributed by atoms with Crippen molar-refractivity contribution < 1.29 is 60.0 Å². The number of allylic oxidation sites excluding steroid dienone is 5. The van der Waals surface area contributed by atoms with Gasteiger partial charge >= 0.3 is 0 Å². The number of ketones is 3. The number of benzene rings is 1. The second-order valence-corrected chi connectivity index (χ2v) is 12.8. The van der Waals surface area contributed by atoms with Gasteiger partial charge in [-0.25, -0.2) is 0 Å². The molecule has 13 heteroatoms. The van der Waals surface area contributed by atoms with Gasteiger partial charge in [-0.1, -0.05) is 52.0 Å². The summed E-state index contributed by atoms with van der Waals surface area (Å²) in [5.41, 5.74) is -3.16. The molecule has 4 rings (SSSR count). The standard InChI is InChI=1S/C35H45NO12/c1-14-8-7-9-20(12-37)35(48)36-22-11-23(39)24-25(32(45)19(6)33(46)26(24)34(22)47)28(41)15(2)10-21(13-38)31(44)18(5)30(43)17(4)29(42)16(3)27(14)40/h7-11,14,16-18,21,27,29-31,37-38,40,42-46H,12-13H2,1-6H3,(H,36,48). The minimum absolute atomic E-state index is 0.164. The minimum atomic E-state index is -1.46. The van der Waals surface area contributed by atoms with Gasteiger partial charge in [0.25, 0.3) is 5.91 Å². The fraction of sp³-hybridized carbons (Fsp3) is 0.486. The number of aliphatic hydroxyl groups is 6. The molecule has 0 aromatic heterocycles. The van der Waals surface area contributed by atoms with E-state index in [-0.39, 0.29) is 16.7 Å². The number of amides is 1. The van der Waals surface area contributed by atoms with Crippen LogP contribution < -0.4 is 5.32 Å². The normalized spacial score (nSPS) is 31.2. The Morgan fingerprint density at radius 2 is 1.25 bits per heavy atom. The predicted octanol–water partition coefficient (Wildman–Crippen LogP) is 0.999. The van der Waals surface area contributed by atoms with Gasteiger partial charge < -0.3 is 46.2 Å². The van der Waals surface area contributed by atoms with Crippen LogP contribution in [0.25, 0.3) is 0 Å². The lowest BCUT2D eigenvalue weighted by Gasteiger charge is -2.37. The lowest BCUT2D eigenvalue weighted by molar-refractivity contribution is -0.117. The molecule has 0 saturated carbocycles. The van der Waals surface area contributed by atoms with Crippen molar-refractivity contribution in [1.29, 1.82) is 0 Å². The van der Waals surface area contributed by atoms with Crippen molar-refractivity contribution in [2.45, 2.75) is 66.0 Å². The Balaban J connectivity index is 2.24. The van der Waals surface area contributed by atoms with Crippen molar-refractivity contribution in [3.8, 4) is 11.5 Å². The molecular weight excluding hydrogens is 626 g/mol. The van der Waals surface area contributed by atoms with E-state index in [1.807, 2.05) is 0 Å². The number of nitrogens with one attached hydrogen (secondary N) is 1. The molecule has 3 aliphatic rings. The molecule has 2 heterocycles. The van der Waals surface area contributed by atoms with Crippen LogP contribution >= 0.6 is 0 Å². The van der Waals surface area contributed by atoms with Crippen molar-refractivity contribution in [3.05, 3.63) is 69.5 Å². The maximum Gasteiger partial charge on any atom is 0.254 e. The number of aliphatic hydroxyl groups excluding tert-OH is 6.